The van der Waals surface area contributed by atoms with Crippen molar-refractivity contribution in [2.24, 2.45) is 5.73 Å². The molecule has 5 rings (SSSR count). The Morgan fingerprint density at radius 2 is 2.00 bits per heavy atom. The zero-order valence-electron chi connectivity index (χ0n) is 18.4. The third-order valence-corrected chi connectivity index (χ3v) is 7.45. The van der Waals surface area contributed by atoms with Crippen LogP contribution < -0.4 is 16.2 Å². The van der Waals surface area contributed by atoms with Gasteiger partial charge in [-0.3, -0.25) is 14.2 Å². The van der Waals surface area contributed by atoms with Crippen LogP contribution in [0.1, 0.15) is 47.2 Å². The van der Waals surface area contributed by atoms with Crippen LogP contribution in [0.3, 0.4) is 0 Å². The first kappa shape index (κ1) is 21.6. The maximum Gasteiger partial charge on any atom is 0.273 e. The number of nitriles is 1. The van der Waals surface area contributed by atoms with Gasteiger partial charge in [-0.05, 0) is 37.3 Å². The van der Waals surface area contributed by atoms with Crippen LogP contribution in [0.4, 0.5) is 5.95 Å². The SMILES string of the molecule is N#Cc1ccccc1Cn1c(N2CCCC(N)C2)nc2c(C(=O)N3CCCC3)csc2c1=O. The van der Waals surface area contributed by atoms with E-state index < -0.39 is 0 Å². The molecule has 1 amide bonds. The predicted octanol–water partition coefficient (Wildman–Crippen LogP) is 2.54. The molecule has 0 saturated carbocycles. The molecule has 3 aromatic rings. The first-order chi connectivity index (χ1) is 16.1. The maximum absolute atomic E-state index is 13.7. The summed E-state index contributed by atoms with van der Waals surface area (Å²) in [6.45, 7) is 3.06. The lowest BCUT2D eigenvalue weighted by atomic mass is 10.1. The molecule has 0 aliphatic carbocycles. The second-order valence-corrected chi connectivity index (χ2v) is 9.63. The van der Waals surface area contributed by atoms with Crippen molar-refractivity contribution >= 4 is 33.4 Å². The van der Waals surface area contributed by atoms with Crippen molar-refractivity contribution in [1.82, 2.24) is 14.5 Å². The molecule has 2 aliphatic heterocycles. The van der Waals surface area contributed by atoms with Crippen molar-refractivity contribution < 1.29 is 4.79 Å². The fourth-order valence-corrected chi connectivity index (χ4v) is 5.67. The summed E-state index contributed by atoms with van der Waals surface area (Å²) >= 11 is 1.27. The molecule has 0 spiro atoms. The van der Waals surface area contributed by atoms with Gasteiger partial charge in [-0.25, -0.2) is 4.98 Å². The van der Waals surface area contributed by atoms with Gasteiger partial charge in [-0.2, -0.15) is 5.26 Å². The van der Waals surface area contributed by atoms with Crippen molar-refractivity contribution in [3.63, 3.8) is 0 Å². The van der Waals surface area contributed by atoms with Crippen LogP contribution >= 0.6 is 11.3 Å². The van der Waals surface area contributed by atoms with Gasteiger partial charge in [0.15, 0.2) is 0 Å². The number of piperidine rings is 1. The molecule has 1 atom stereocenters. The molecule has 4 heterocycles. The molecule has 2 aromatic heterocycles. The summed E-state index contributed by atoms with van der Waals surface area (Å²) in [6.07, 6.45) is 3.84. The summed E-state index contributed by atoms with van der Waals surface area (Å²) in [4.78, 5) is 35.6. The molecule has 8 nitrogen and oxygen atoms in total. The molecule has 2 saturated heterocycles. The Morgan fingerprint density at radius 1 is 1.21 bits per heavy atom. The Morgan fingerprint density at radius 3 is 2.76 bits per heavy atom. The highest BCUT2D eigenvalue weighted by Gasteiger charge is 2.28. The molecule has 0 radical (unpaired) electrons. The van der Waals surface area contributed by atoms with Crippen molar-refractivity contribution in [2.45, 2.75) is 38.3 Å². The number of aromatic nitrogens is 2. The zero-order chi connectivity index (χ0) is 22.9. The molecule has 1 aromatic carbocycles. The van der Waals surface area contributed by atoms with Crippen LogP contribution in [-0.2, 0) is 6.54 Å². The molecule has 9 heteroatoms. The van der Waals surface area contributed by atoms with Gasteiger partial charge in [0.25, 0.3) is 11.5 Å². The fourth-order valence-electron chi connectivity index (χ4n) is 4.74. The minimum absolute atomic E-state index is 0.000583. The van der Waals surface area contributed by atoms with E-state index in [1.165, 1.54) is 11.3 Å². The van der Waals surface area contributed by atoms with Gasteiger partial charge in [-0.1, -0.05) is 18.2 Å². The number of thiophene rings is 1. The van der Waals surface area contributed by atoms with E-state index in [2.05, 4.69) is 6.07 Å². The standard InChI is InChI=1S/C24H26N6O2S/c25-12-16-6-1-2-7-17(16)13-30-23(32)21-20(27-24(30)29-11-5-8-18(26)14-29)19(15-33-21)22(31)28-9-3-4-10-28/h1-2,6-7,15,18H,3-5,8-11,13-14,26H2. The molecule has 33 heavy (non-hydrogen) atoms. The Hall–Kier alpha value is -3.22. The number of rotatable bonds is 4. The third-order valence-electron chi connectivity index (χ3n) is 6.49. The minimum atomic E-state index is -0.188. The van der Waals surface area contributed by atoms with Gasteiger partial charge >= 0.3 is 0 Å². The topological polar surface area (TPSA) is 108 Å². The van der Waals surface area contributed by atoms with Crippen LogP contribution in [0.2, 0.25) is 0 Å². The summed E-state index contributed by atoms with van der Waals surface area (Å²) < 4.78 is 2.11. The molecule has 2 fully saturated rings. The second kappa shape index (κ2) is 8.96. The van der Waals surface area contributed by atoms with Crippen LogP contribution in [0, 0.1) is 11.3 Å². The van der Waals surface area contributed by atoms with E-state index in [1.54, 1.807) is 16.0 Å². The number of likely N-dealkylation sites (tertiary alicyclic amines) is 1. The fraction of sp³-hybridized carbons (Fsp3) is 0.417. The van der Waals surface area contributed by atoms with E-state index >= 15 is 0 Å². The average Bonchev–Trinajstić information content (AvgIpc) is 3.51. The summed E-state index contributed by atoms with van der Waals surface area (Å²) in [5.74, 6) is 0.462. The maximum atomic E-state index is 13.7. The van der Waals surface area contributed by atoms with Crippen molar-refractivity contribution in [3.8, 4) is 6.07 Å². The van der Waals surface area contributed by atoms with Crippen LogP contribution in [0.5, 0.6) is 0 Å². The summed E-state index contributed by atoms with van der Waals surface area (Å²) in [5, 5.41) is 11.3. The lowest BCUT2D eigenvalue weighted by molar-refractivity contribution is 0.0795. The number of benzene rings is 1. The van der Waals surface area contributed by atoms with Crippen LogP contribution in [-0.4, -0.2) is 52.6 Å². The lowest BCUT2D eigenvalue weighted by Crippen LogP contribution is -2.45. The molecule has 1 unspecified atom stereocenters. The van der Waals surface area contributed by atoms with E-state index in [-0.39, 0.29) is 24.1 Å². The zero-order valence-corrected chi connectivity index (χ0v) is 19.2. The molecule has 2 aliphatic rings. The minimum Gasteiger partial charge on any atom is -0.341 e. The summed E-state index contributed by atoms with van der Waals surface area (Å²) in [6, 6.07) is 9.50. The summed E-state index contributed by atoms with van der Waals surface area (Å²) in [5.41, 5.74) is 8.32. The molecular formula is C24H26N6O2S. The van der Waals surface area contributed by atoms with Gasteiger partial charge < -0.3 is 15.5 Å². The highest BCUT2D eigenvalue weighted by Crippen LogP contribution is 2.28. The number of anilines is 1. The normalized spacial score (nSPS) is 18.6. The average molecular weight is 463 g/mol. The van der Waals surface area contributed by atoms with Gasteiger partial charge in [0, 0.05) is 37.6 Å². The van der Waals surface area contributed by atoms with E-state index in [4.69, 9.17) is 10.7 Å². The Balaban J connectivity index is 1.65. The smallest absolute Gasteiger partial charge is 0.273 e. The second-order valence-electron chi connectivity index (χ2n) is 8.75. The number of nitrogens with zero attached hydrogens (tertiary/aromatic N) is 5. The quantitative estimate of drug-likeness (QED) is 0.638. The van der Waals surface area contributed by atoms with E-state index in [1.807, 2.05) is 28.0 Å². The number of fused-ring (bicyclic) bond motifs is 1. The van der Waals surface area contributed by atoms with Gasteiger partial charge in [-0.15, -0.1) is 11.3 Å². The number of carbonyl (C=O) groups is 1. The third kappa shape index (κ3) is 4.01. The van der Waals surface area contributed by atoms with Gasteiger partial charge in [0.05, 0.1) is 23.7 Å². The van der Waals surface area contributed by atoms with Crippen LogP contribution in [0.25, 0.3) is 10.2 Å². The van der Waals surface area contributed by atoms with Crippen LogP contribution in [0.15, 0.2) is 34.4 Å². The molecule has 2 N–H and O–H groups in total. The molecule has 0 bridgehead atoms. The number of hydrogen-bond acceptors (Lipinski definition) is 7. The number of carbonyl (C=O) groups excluding carboxylic acids is 1. The largest absolute Gasteiger partial charge is 0.341 e. The lowest BCUT2D eigenvalue weighted by Gasteiger charge is -2.33. The number of amides is 1. The number of nitrogens with two attached hydrogens (primary N) is 1. The van der Waals surface area contributed by atoms with E-state index in [0.717, 1.165) is 50.9 Å². The van der Waals surface area contributed by atoms with Crippen molar-refractivity contribution in [1.29, 1.82) is 5.26 Å². The summed E-state index contributed by atoms with van der Waals surface area (Å²) in [7, 11) is 0. The van der Waals surface area contributed by atoms with Gasteiger partial charge in [0.1, 0.15) is 10.2 Å². The van der Waals surface area contributed by atoms with Gasteiger partial charge in [0.2, 0.25) is 5.95 Å². The highest BCUT2D eigenvalue weighted by atomic mass is 32.1. The molecule has 170 valence electrons. The van der Waals surface area contributed by atoms with Crippen molar-refractivity contribution in [2.75, 3.05) is 31.1 Å². The predicted molar refractivity (Wildman–Crippen MR) is 129 cm³/mol. The molecular weight excluding hydrogens is 436 g/mol. The highest BCUT2D eigenvalue weighted by molar-refractivity contribution is 7.17. The first-order valence-electron chi connectivity index (χ1n) is 11.4. The first-order valence-corrected chi connectivity index (χ1v) is 12.2. The van der Waals surface area contributed by atoms with E-state index in [9.17, 15) is 14.9 Å². The van der Waals surface area contributed by atoms with Crippen molar-refractivity contribution in [3.05, 3.63) is 56.7 Å². The monoisotopic (exact) mass is 462 g/mol. The Kier molecular flexibility index (Phi) is 5.87. The Bertz CT molecular complexity index is 1300. The number of hydrogen-bond donors (Lipinski definition) is 1. The van der Waals surface area contributed by atoms with E-state index in [0.29, 0.717) is 33.8 Å². The Labute approximate surface area is 195 Å².